The van der Waals surface area contributed by atoms with E-state index in [0.29, 0.717) is 11.4 Å². The lowest BCUT2D eigenvalue weighted by atomic mass is 10.3. The predicted octanol–water partition coefficient (Wildman–Crippen LogP) is 2.68. The summed E-state index contributed by atoms with van der Waals surface area (Å²) in [5, 5.41) is 0.425. The van der Waals surface area contributed by atoms with Crippen molar-refractivity contribution in [3.8, 4) is 12.3 Å². The molecule has 0 spiro atoms. The fraction of sp³-hybridized carbons (Fsp3) is 0.273. The number of terminal acetylenes is 1. The fourth-order valence-electron chi connectivity index (χ4n) is 1.23. The van der Waals surface area contributed by atoms with Crippen LogP contribution in [0, 0.1) is 12.3 Å². The molecule has 1 aromatic carbocycles. The molecule has 0 aliphatic carbocycles. The fourth-order valence-corrected chi connectivity index (χ4v) is 3.24. The summed E-state index contributed by atoms with van der Waals surface area (Å²) in [5.74, 6) is 2.38. The Labute approximate surface area is 111 Å². The Kier molecular flexibility index (Phi) is 4.84. The van der Waals surface area contributed by atoms with Crippen LogP contribution in [0.3, 0.4) is 0 Å². The molecule has 0 amide bonds. The Morgan fingerprint density at radius 1 is 1.47 bits per heavy atom. The maximum absolute atomic E-state index is 12.0. The van der Waals surface area contributed by atoms with Crippen molar-refractivity contribution in [1.82, 2.24) is 4.72 Å². The average Bonchev–Trinajstić information content (AvgIpc) is 2.21. The standard InChI is InChI=1S/C11H11Cl2NO2S/c1-3-4-8(2)14-17(15,16)11-7-9(12)5-6-10(11)13/h1,5-8,14H,4H2,2H3. The van der Waals surface area contributed by atoms with E-state index >= 15 is 0 Å². The number of benzene rings is 1. The molecule has 3 nitrogen and oxygen atoms in total. The van der Waals surface area contributed by atoms with Gasteiger partial charge in [-0.1, -0.05) is 23.2 Å². The smallest absolute Gasteiger partial charge is 0.207 e. The first-order chi connectivity index (χ1) is 7.86. The summed E-state index contributed by atoms with van der Waals surface area (Å²) in [7, 11) is -3.70. The molecule has 0 saturated heterocycles. The Morgan fingerprint density at radius 2 is 2.12 bits per heavy atom. The van der Waals surface area contributed by atoms with Crippen LogP contribution in [-0.4, -0.2) is 14.5 Å². The van der Waals surface area contributed by atoms with Crippen LogP contribution in [0.15, 0.2) is 23.1 Å². The van der Waals surface area contributed by atoms with E-state index in [1.54, 1.807) is 6.92 Å². The van der Waals surface area contributed by atoms with Crippen LogP contribution in [-0.2, 0) is 10.0 Å². The molecule has 1 N–H and O–H groups in total. The summed E-state index contributed by atoms with van der Waals surface area (Å²) in [5.41, 5.74) is 0. The molecular weight excluding hydrogens is 281 g/mol. The molecule has 1 aromatic rings. The van der Waals surface area contributed by atoms with Crippen LogP contribution >= 0.6 is 23.2 Å². The van der Waals surface area contributed by atoms with E-state index in [1.165, 1.54) is 18.2 Å². The van der Waals surface area contributed by atoms with Crippen LogP contribution in [0.2, 0.25) is 10.0 Å². The van der Waals surface area contributed by atoms with E-state index in [9.17, 15) is 8.42 Å². The first kappa shape index (κ1) is 14.3. The molecule has 0 radical (unpaired) electrons. The summed E-state index contributed by atoms with van der Waals surface area (Å²) < 4.78 is 26.4. The minimum absolute atomic E-state index is 0.0458. The van der Waals surface area contributed by atoms with Crippen molar-refractivity contribution in [3.63, 3.8) is 0 Å². The van der Waals surface area contributed by atoms with Gasteiger partial charge in [0.15, 0.2) is 0 Å². The van der Waals surface area contributed by atoms with E-state index in [2.05, 4.69) is 10.6 Å². The van der Waals surface area contributed by atoms with Crippen LogP contribution in [0.5, 0.6) is 0 Å². The summed E-state index contributed by atoms with van der Waals surface area (Å²) in [6.45, 7) is 1.68. The Balaban J connectivity index is 3.06. The molecule has 6 heteroatoms. The molecule has 0 saturated carbocycles. The van der Waals surface area contributed by atoms with Crippen LogP contribution in [0.1, 0.15) is 13.3 Å². The molecule has 0 heterocycles. The summed E-state index contributed by atoms with van der Waals surface area (Å²) in [4.78, 5) is -0.0458. The number of hydrogen-bond acceptors (Lipinski definition) is 2. The minimum Gasteiger partial charge on any atom is -0.207 e. The van der Waals surface area contributed by atoms with Gasteiger partial charge in [-0.2, -0.15) is 0 Å². The summed E-state index contributed by atoms with van der Waals surface area (Å²) in [6.07, 6.45) is 5.41. The van der Waals surface area contributed by atoms with Crippen molar-refractivity contribution in [2.24, 2.45) is 0 Å². The lowest BCUT2D eigenvalue weighted by Crippen LogP contribution is -2.32. The Bertz CT molecular complexity index is 549. The predicted molar refractivity (Wildman–Crippen MR) is 69.7 cm³/mol. The highest BCUT2D eigenvalue weighted by molar-refractivity contribution is 7.89. The second kappa shape index (κ2) is 5.74. The van der Waals surface area contributed by atoms with Crippen molar-refractivity contribution in [2.45, 2.75) is 24.3 Å². The van der Waals surface area contributed by atoms with Crippen LogP contribution < -0.4 is 4.72 Å². The van der Waals surface area contributed by atoms with Gasteiger partial charge in [-0.05, 0) is 25.1 Å². The highest BCUT2D eigenvalue weighted by Crippen LogP contribution is 2.25. The maximum atomic E-state index is 12.0. The van der Waals surface area contributed by atoms with Crippen molar-refractivity contribution in [3.05, 3.63) is 28.2 Å². The lowest BCUT2D eigenvalue weighted by molar-refractivity contribution is 0.563. The molecule has 0 aliphatic heterocycles. The third-order valence-electron chi connectivity index (χ3n) is 1.96. The third kappa shape index (κ3) is 3.90. The van der Waals surface area contributed by atoms with Gasteiger partial charge in [0.05, 0.1) is 5.02 Å². The molecule has 0 aliphatic rings. The highest BCUT2D eigenvalue weighted by Gasteiger charge is 2.20. The number of sulfonamides is 1. The summed E-state index contributed by atoms with van der Waals surface area (Å²) >= 11 is 11.6. The Hall–Kier alpha value is -0.730. The molecule has 0 fully saturated rings. The molecule has 0 bridgehead atoms. The quantitative estimate of drug-likeness (QED) is 0.867. The number of hydrogen-bond donors (Lipinski definition) is 1. The van der Waals surface area contributed by atoms with Crippen LogP contribution in [0.25, 0.3) is 0 Å². The zero-order chi connectivity index (χ0) is 13.1. The zero-order valence-electron chi connectivity index (χ0n) is 9.07. The minimum atomic E-state index is -3.70. The molecular formula is C11H11Cl2NO2S. The SMILES string of the molecule is C#CCC(C)NS(=O)(=O)c1cc(Cl)ccc1Cl. The first-order valence-electron chi connectivity index (χ1n) is 4.77. The second-order valence-electron chi connectivity index (χ2n) is 3.51. The van der Waals surface area contributed by atoms with Gasteiger partial charge in [0, 0.05) is 17.5 Å². The third-order valence-corrected chi connectivity index (χ3v) is 4.27. The van der Waals surface area contributed by atoms with Crippen LogP contribution in [0.4, 0.5) is 0 Å². The van der Waals surface area contributed by atoms with E-state index in [-0.39, 0.29) is 16.0 Å². The van der Waals surface area contributed by atoms with Crippen molar-refractivity contribution >= 4 is 33.2 Å². The molecule has 1 rings (SSSR count). The molecule has 17 heavy (non-hydrogen) atoms. The average molecular weight is 292 g/mol. The van der Waals surface area contributed by atoms with Gasteiger partial charge >= 0.3 is 0 Å². The number of halogens is 2. The van der Waals surface area contributed by atoms with E-state index < -0.39 is 10.0 Å². The normalized spacial score (nSPS) is 13.1. The molecule has 1 atom stereocenters. The largest absolute Gasteiger partial charge is 0.242 e. The van der Waals surface area contributed by atoms with Gasteiger partial charge in [-0.3, -0.25) is 0 Å². The van der Waals surface area contributed by atoms with E-state index in [0.717, 1.165) is 0 Å². The molecule has 0 aromatic heterocycles. The van der Waals surface area contributed by atoms with Gasteiger partial charge in [0.1, 0.15) is 4.90 Å². The van der Waals surface area contributed by atoms with Crippen molar-refractivity contribution in [2.75, 3.05) is 0 Å². The van der Waals surface area contributed by atoms with Gasteiger partial charge < -0.3 is 0 Å². The second-order valence-corrected chi connectivity index (χ2v) is 6.03. The first-order valence-corrected chi connectivity index (χ1v) is 7.01. The number of rotatable bonds is 4. The molecule has 1 unspecified atom stereocenters. The highest BCUT2D eigenvalue weighted by atomic mass is 35.5. The maximum Gasteiger partial charge on any atom is 0.242 e. The van der Waals surface area contributed by atoms with Gasteiger partial charge in [-0.25, -0.2) is 13.1 Å². The van der Waals surface area contributed by atoms with Crippen molar-refractivity contribution in [1.29, 1.82) is 0 Å². The van der Waals surface area contributed by atoms with Crippen molar-refractivity contribution < 1.29 is 8.42 Å². The topological polar surface area (TPSA) is 46.2 Å². The number of nitrogens with one attached hydrogen (secondary N) is 1. The van der Waals surface area contributed by atoms with Gasteiger partial charge in [0.25, 0.3) is 0 Å². The Morgan fingerprint density at radius 3 is 2.71 bits per heavy atom. The van der Waals surface area contributed by atoms with Gasteiger partial charge in [0.2, 0.25) is 10.0 Å². The monoisotopic (exact) mass is 291 g/mol. The van der Waals surface area contributed by atoms with E-state index in [4.69, 9.17) is 29.6 Å². The zero-order valence-corrected chi connectivity index (χ0v) is 11.4. The lowest BCUT2D eigenvalue weighted by Gasteiger charge is -2.12. The van der Waals surface area contributed by atoms with E-state index in [1.807, 2.05) is 0 Å². The molecule has 92 valence electrons. The van der Waals surface area contributed by atoms with Gasteiger partial charge in [-0.15, -0.1) is 12.3 Å². The summed E-state index contributed by atoms with van der Waals surface area (Å²) in [6, 6.07) is 3.90.